The summed E-state index contributed by atoms with van der Waals surface area (Å²) in [5.74, 6) is 0.0671. The summed E-state index contributed by atoms with van der Waals surface area (Å²) in [6.45, 7) is 3.69. The normalized spacial score (nSPS) is 16.0. The highest BCUT2D eigenvalue weighted by molar-refractivity contribution is 6.30. The van der Waals surface area contributed by atoms with E-state index in [4.69, 9.17) is 11.6 Å². The highest BCUT2D eigenvalue weighted by Gasteiger charge is 2.20. The van der Waals surface area contributed by atoms with Crippen LogP contribution < -0.4 is 10.5 Å². The number of benzene rings is 1. The van der Waals surface area contributed by atoms with E-state index in [0.717, 1.165) is 31.7 Å². The minimum absolute atomic E-state index is 0.142. The predicted octanol–water partition coefficient (Wildman–Crippen LogP) is 1.88. The average Bonchev–Trinajstić information content (AvgIpc) is 2.52. The summed E-state index contributed by atoms with van der Waals surface area (Å²) in [7, 11) is 0. The molecule has 0 atom stereocenters. The molecule has 1 aliphatic rings. The first-order valence-corrected chi connectivity index (χ1v) is 7.46. The molecule has 0 radical (unpaired) electrons. The summed E-state index contributed by atoms with van der Waals surface area (Å²) in [6.07, 6.45) is 3.11. The van der Waals surface area contributed by atoms with Crippen LogP contribution in [0.3, 0.4) is 0 Å². The van der Waals surface area contributed by atoms with Gasteiger partial charge in [0.1, 0.15) is 5.82 Å². The van der Waals surface area contributed by atoms with Crippen molar-refractivity contribution in [3.63, 3.8) is 0 Å². The van der Waals surface area contributed by atoms with Crippen molar-refractivity contribution in [2.24, 2.45) is 0 Å². The van der Waals surface area contributed by atoms with Gasteiger partial charge in [0.25, 0.3) is 5.56 Å². The third kappa shape index (κ3) is 3.28. The number of aromatic amines is 1. The van der Waals surface area contributed by atoms with Crippen molar-refractivity contribution in [3.05, 3.63) is 57.3 Å². The van der Waals surface area contributed by atoms with Gasteiger partial charge in [-0.2, -0.15) is 0 Å². The van der Waals surface area contributed by atoms with E-state index in [0.29, 0.717) is 12.4 Å². The van der Waals surface area contributed by atoms with Gasteiger partial charge >= 0.3 is 0 Å². The molecular formula is C15H16ClFN4O. The minimum Gasteiger partial charge on any atom is -0.349 e. The highest BCUT2D eigenvalue weighted by Crippen LogP contribution is 2.17. The van der Waals surface area contributed by atoms with Gasteiger partial charge in [-0.3, -0.25) is 9.69 Å². The van der Waals surface area contributed by atoms with Crippen LogP contribution in [-0.2, 0) is 6.54 Å². The molecule has 1 fully saturated rings. The molecule has 22 heavy (non-hydrogen) atoms. The Hall–Kier alpha value is -1.92. The Morgan fingerprint density at radius 2 is 2.05 bits per heavy atom. The lowest BCUT2D eigenvalue weighted by Gasteiger charge is -2.34. The van der Waals surface area contributed by atoms with Crippen molar-refractivity contribution in [3.8, 4) is 0 Å². The molecule has 3 rings (SSSR count). The molecule has 2 heterocycles. The number of rotatable bonds is 3. The molecule has 1 N–H and O–H groups in total. The summed E-state index contributed by atoms with van der Waals surface area (Å²) >= 11 is 5.69. The topological polar surface area (TPSA) is 52.2 Å². The van der Waals surface area contributed by atoms with Crippen molar-refractivity contribution >= 4 is 17.4 Å². The van der Waals surface area contributed by atoms with Crippen LogP contribution >= 0.6 is 11.6 Å². The zero-order chi connectivity index (χ0) is 15.5. The van der Waals surface area contributed by atoms with Crippen LogP contribution in [0.25, 0.3) is 0 Å². The van der Waals surface area contributed by atoms with Gasteiger partial charge in [-0.05, 0) is 17.7 Å². The van der Waals surface area contributed by atoms with Crippen LogP contribution in [0.5, 0.6) is 0 Å². The Morgan fingerprint density at radius 3 is 2.73 bits per heavy atom. The molecule has 1 aliphatic heterocycles. The first-order chi connectivity index (χ1) is 10.6. The van der Waals surface area contributed by atoms with Gasteiger partial charge in [-0.25, -0.2) is 9.37 Å². The van der Waals surface area contributed by atoms with Crippen LogP contribution in [-0.4, -0.2) is 41.0 Å². The van der Waals surface area contributed by atoms with Gasteiger partial charge in [-0.15, -0.1) is 0 Å². The number of hydrogen-bond acceptors (Lipinski definition) is 4. The van der Waals surface area contributed by atoms with E-state index in [-0.39, 0.29) is 10.6 Å². The molecule has 1 saturated heterocycles. The van der Waals surface area contributed by atoms with Gasteiger partial charge in [0.15, 0.2) is 5.82 Å². The SMILES string of the molecule is O=c1[nH]ccnc1N1CCN(Cc2ccc(Cl)c(F)c2)CC1. The van der Waals surface area contributed by atoms with E-state index in [1.807, 2.05) is 11.0 Å². The van der Waals surface area contributed by atoms with Gasteiger partial charge in [0, 0.05) is 45.1 Å². The van der Waals surface area contributed by atoms with E-state index < -0.39 is 5.82 Å². The zero-order valence-corrected chi connectivity index (χ0v) is 12.7. The third-order valence-corrected chi connectivity index (χ3v) is 4.06. The number of halogens is 2. The third-order valence-electron chi connectivity index (χ3n) is 3.75. The molecular weight excluding hydrogens is 307 g/mol. The Kier molecular flexibility index (Phi) is 4.40. The fourth-order valence-corrected chi connectivity index (χ4v) is 2.70. The Bertz CT molecular complexity index is 713. The molecule has 0 bridgehead atoms. The average molecular weight is 323 g/mol. The lowest BCUT2D eigenvalue weighted by molar-refractivity contribution is 0.249. The first kappa shape index (κ1) is 15.0. The second-order valence-electron chi connectivity index (χ2n) is 5.25. The summed E-state index contributed by atoms with van der Waals surface area (Å²) < 4.78 is 13.5. The smallest absolute Gasteiger partial charge is 0.290 e. The molecule has 0 amide bonds. The Labute approximate surface area is 132 Å². The molecule has 0 aliphatic carbocycles. The summed E-state index contributed by atoms with van der Waals surface area (Å²) in [6, 6.07) is 4.88. The summed E-state index contributed by atoms with van der Waals surface area (Å²) in [4.78, 5) is 22.7. The number of aromatic nitrogens is 2. The summed E-state index contributed by atoms with van der Waals surface area (Å²) in [5, 5.41) is 0.142. The van der Waals surface area contributed by atoms with Gasteiger partial charge in [-0.1, -0.05) is 17.7 Å². The van der Waals surface area contributed by atoms with E-state index >= 15 is 0 Å². The fourth-order valence-electron chi connectivity index (χ4n) is 2.58. The van der Waals surface area contributed by atoms with Crippen LogP contribution in [0.4, 0.5) is 10.2 Å². The second-order valence-corrected chi connectivity index (χ2v) is 5.66. The lowest BCUT2D eigenvalue weighted by atomic mass is 10.2. The van der Waals surface area contributed by atoms with Gasteiger partial charge in [0.05, 0.1) is 5.02 Å². The van der Waals surface area contributed by atoms with Crippen LogP contribution in [0.2, 0.25) is 5.02 Å². The van der Waals surface area contributed by atoms with Crippen molar-refractivity contribution < 1.29 is 4.39 Å². The maximum absolute atomic E-state index is 13.5. The van der Waals surface area contributed by atoms with E-state index in [1.165, 1.54) is 12.3 Å². The highest BCUT2D eigenvalue weighted by atomic mass is 35.5. The van der Waals surface area contributed by atoms with E-state index in [9.17, 15) is 9.18 Å². The molecule has 0 saturated carbocycles. The maximum Gasteiger partial charge on any atom is 0.290 e. The largest absolute Gasteiger partial charge is 0.349 e. The van der Waals surface area contributed by atoms with Crippen molar-refractivity contribution in [2.75, 3.05) is 31.1 Å². The zero-order valence-electron chi connectivity index (χ0n) is 11.9. The monoisotopic (exact) mass is 322 g/mol. The lowest BCUT2D eigenvalue weighted by Crippen LogP contribution is -2.47. The Balaban J connectivity index is 1.61. The number of nitrogens with zero attached hydrogens (tertiary/aromatic N) is 3. The quantitative estimate of drug-likeness (QED) is 0.937. The molecule has 0 spiro atoms. The molecule has 1 aromatic heterocycles. The van der Waals surface area contributed by atoms with Crippen molar-refractivity contribution in [1.82, 2.24) is 14.9 Å². The van der Waals surface area contributed by atoms with Crippen molar-refractivity contribution in [2.45, 2.75) is 6.54 Å². The molecule has 2 aromatic rings. The standard InChI is InChI=1S/C15H16ClFN4O/c16-12-2-1-11(9-13(12)17)10-20-5-7-21(8-6-20)14-15(22)19-4-3-18-14/h1-4,9H,5-8,10H2,(H,19,22). The first-order valence-electron chi connectivity index (χ1n) is 7.08. The molecule has 116 valence electrons. The number of piperazine rings is 1. The number of hydrogen-bond donors (Lipinski definition) is 1. The molecule has 0 unspecified atom stereocenters. The van der Waals surface area contributed by atoms with E-state index in [1.54, 1.807) is 12.3 Å². The van der Waals surface area contributed by atoms with Crippen molar-refractivity contribution in [1.29, 1.82) is 0 Å². The Morgan fingerprint density at radius 1 is 1.27 bits per heavy atom. The second kappa shape index (κ2) is 6.46. The molecule has 5 nitrogen and oxygen atoms in total. The van der Waals surface area contributed by atoms with Crippen LogP contribution in [0.15, 0.2) is 35.4 Å². The molecule has 7 heteroatoms. The van der Waals surface area contributed by atoms with E-state index in [2.05, 4.69) is 14.9 Å². The minimum atomic E-state index is -0.391. The van der Waals surface area contributed by atoms with Gasteiger partial charge < -0.3 is 9.88 Å². The number of nitrogens with one attached hydrogen (secondary N) is 1. The maximum atomic E-state index is 13.5. The number of H-pyrrole nitrogens is 1. The predicted molar refractivity (Wildman–Crippen MR) is 83.8 cm³/mol. The number of anilines is 1. The summed E-state index contributed by atoms with van der Waals surface area (Å²) in [5.41, 5.74) is 0.724. The fraction of sp³-hybridized carbons (Fsp3) is 0.333. The molecule has 1 aromatic carbocycles. The van der Waals surface area contributed by atoms with Crippen LogP contribution in [0, 0.1) is 5.82 Å². The van der Waals surface area contributed by atoms with Crippen LogP contribution in [0.1, 0.15) is 5.56 Å². The van der Waals surface area contributed by atoms with Gasteiger partial charge in [0.2, 0.25) is 0 Å².